The number of carbonyl (C=O) groups excluding carboxylic acids is 1. The Kier molecular flexibility index (Phi) is 5.70. The van der Waals surface area contributed by atoms with Crippen LogP contribution in [-0.2, 0) is 24.4 Å². The first kappa shape index (κ1) is 24.2. The van der Waals surface area contributed by atoms with Crippen molar-refractivity contribution >= 4 is 16.1 Å². The van der Waals surface area contributed by atoms with Gasteiger partial charge in [-0.3, -0.25) is 9.35 Å². The highest BCUT2D eigenvalue weighted by molar-refractivity contribution is 7.86. The normalized spacial score (nSPS) is 35.9. The first-order valence-electron chi connectivity index (χ1n) is 9.87. The predicted molar refractivity (Wildman–Crippen MR) is 97.3 cm³/mol. The molecular formula is C19H25F5O6S. The van der Waals surface area contributed by atoms with Gasteiger partial charge in [0.1, 0.15) is 11.5 Å². The van der Waals surface area contributed by atoms with Crippen LogP contribution < -0.4 is 0 Å². The maximum atomic E-state index is 14.0. The Balaban J connectivity index is 2.02. The van der Waals surface area contributed by atoms with Gasteiger partial charge >= 0.3 is 27.5 Å². The van der Waals surface area contributed by atoms with Crippen LogP contribution in [0.15, 0.2) is 12.3 Å². The lowest BCUT2D eigenvalue weighted by Crippen LogP contribution is -2.67. The van der Waals surface area contributed by atoms with Gasteiger partial charge in [0.05, 0.1) is 6.26 Å². The molecule has 0 spiro atoms. The third-order valence-electron chi connectivity index (χ3n) is 7.33. The molecule has 0 amide bonds. The van der Waals surface area contributed by atoms with E-state index in [1.807, 2.05) is 13.8 Å². The van der Waals surface area contributed by atoms with Crippen LogP contribution in [0.5, 0.6) is 0 Å². The summed E-state index contributed by atoms with van der Waals surface area (Å²) in [5, 5.41) is -5.76. The molecule has 6 nitrogen and oxygen atoms in total. The van der Waals surface area contributed by atoms with Gasteiger partial charge in [0.25, 0.3) is 6.10 Å². The molecule has 4 fully saturated rings. The van der Waals surface area contributed by atoms with Gasteiger partial charge in [0, 0.05) is 5.92 Å². The number of carbonyl (C=O) groups is 1. The average Bonchev–Trinajstić information content (AvgIpc) is 2.61. The fourth-order valence-corrected chi connectivity index (χ4v) is 6.26. The lowest BCUT2D eigenvalue weighted by molar-refractivity contribution is -0.276. The van der Waals surface area contributed by atoms with Crippen molar-refractivity contribution in [1.82, 2.24) is 0 Å². The monoisotopic (exact) mass is 476 g/mol. The molecule has 4 aliphatic carbocycles. The molecule has 4 aliphatic rings. The summed E-state index contributed by atoms with van der Waals surface area (Å²) in [5.41, 5.74) is -1.92. The fraction of sp³-hybridized carbons (Fsp3) is 0.842. The van der Waals surface area contributed by atoms with E-state index >= 15 is 0 Å². The molecule has 6 atom stereocenters. The van der Waals surface area contributed by atoms with Crippen LogP contribution in [0.25, 0.3) is 0 Å². The van der Waals surface area contributed by atoms with Gasteiger partial charge in [-0.15, -0.1) is 0 Å². The number of rotatable bonds is 6. The van der Waals surface area contributed by atoms with E-state index in [9.17, 15) is 35.2 Å². The molecule has 12 heteroatoms. The second kappa shape index (κ2) is 7.29. The summed E-state index contributed by atoms with van der Waals surface area (Å²) in [6.45, 7) is 5.60. The Morgan fingerprint density at radius 2 is 1.77 bits per heavy atom. The van der Waals surface area contributed by atoms with E-state index in [4.69, 9.17) is 9.29 Å². The molecule has 4 bridgehead atoms. The van der Waals surface area contributed by atoms with Crippen molar-refractivity contribution in [2.24, 2.45) is 28.6 Å². The van der Waals surface area contributed by atoms with Crippen molar-refractivity contribution in [2.45, 2.75) is 70.1 Å². The zero-order valence-electron chi connectivity index (χ0n) is 17.2. The second-order valence-electron chi connectivity index (χ2n) is 9.42. The number of hydrogen-bond acceptors (Lipinski definition) is 5. The van der Waals surface area contributed by atoms with E-state index in [0.29, 0.717) is 6.42 Å². The summed E-state index contributed by atoms with van der Waals surface area (Å²) in [4.78, 5) is 13.1. The van der Waals surface area contributed by atoms with Crippen LogP contribution >= 0.6 is 0 Å². The van der Waals surface area contributed by atoms with E-state index in [2.05, 4.69) is 4.74 Å². The highest BCUT2D eigenvalue weighted by Gasteiger charge is 2.71. The molecule has 0 saturated heterocycles. The van der Waals surface area contributed by atoms with Gasteiger partial charge in [-0.2, -0.15) is 30.4 Å². The Bertz CT molecular complexity index is 868. The van der Waals surface area contributed by atoms with Crippen LogP contribution in [0.2, 0.25) is 0 Å². The highest BCUT2D eigenvalue weighted by atomic mass is 32.2. The van der Waals surface area contributed by atoms with E-state index in [1.54, 1.807) is 6.92 Å². The number of alkyl halides is 5. The number of hydrogen-bond donors (Lipinski definition) is 1. The number of allylic oxidation sites excluding steroid dienone is 1. The number of halogens is 5. The molecule has 0 aliphatic heterocycles. The fourth-order valence-electron chi connectivity index (χ4n) is 5.81. The molecule has 0 aromatic rings. The summed E-state index contributed by atoms with van der Waals surface area (Å²) >= 11 is 0. The zero-order chi connectivity index (χ0) is 23.6. The molecule has 178 valence electrons. The van der Waals surface area contributed by atoms with Crippen LogP contribution in [0.4, 0.5) is 22.0 Å². The third kappa shape index (κ3) is 3.73. The first-order chi connectivity index (χ1) is 14.0. The van der Waals surface area contributed by atoms with Crippen LogP contribution in [0, 0.1) is 28.6 Å². The predicted octanol–water partition coefficient (Wildman–Crippen LogP) is 4.32. The SMILES string of the molecule is CC=COC1C2CC3CC(CC1(C(=O)OC(C(F)(F)F)C(F)(F)S(=O)(=O)O)C3)C2(C)C. The average molecular weight is 476 g/mol. The second-order valence-corrected chi connectivity index (χ2v) is 10.9. The Morgan fingerprint density at radius 1 is 1.16 bits per heavy atom. The summed E-state index contributed by atoms with van der Waals surface area (Å²) < 4.78 is 108. The Morgan fingerprint density at radius 3 is 2.29 bits per heavy atom. The van der Waals surface area contributed by atoms with Gasteiger partial charge in [0.2, 0.25) is 0 Å². The smallest absolute Gasteiger partial charge is 0.432 e. The minimum atomic E-state index is -6.51. The molecule has 1 N–H and O–H groups in total. The standard InChI is InChI=1S/C19H25F5O6S/c1-4-5-29-13-12-7-10-6-11(16(12,2)3)9-17(13,8-10)15(25)30-14(18(20,21)22)19(23,24)31(26,27)28/h4-5,10-14H,6-9H2,1-3H3,(H,26,27,28). The molecule has 0 radical (unpaired) electrons. The highest BCUT2D eigenvalue weighted by Crippen LogP contribution is 2.67. The summed E-state index contributed by atoms with van der Waals surface area (Å²) in [6.07, 6.45) is -6.76. The van der Waals surface area contributed by atoms with Crippen molar-refractivity contribution in [3.63, 3.8) is 0 Å². The molecule has 0 aromatic carbocycles. The topological polar surface area (TPSA) is 89.9 Å². The number of ether oxygens (including phenoxy) is 2. The van der Waals surface area contributed by atoms with Gasteiger partial charge in [-0.05, 0) is 49.9 Å². The minimum absolute atomic E-state index is 0.0128. The molecule has 6 unspecified atom stereocenters. The maximum Gasteiger partial charge on any atom is 0.432 e. The van der Waals surface area contributed by atoms with Crippen molar-refractivity contribution in [2.75, 3.05) is 0 Å². The van der Waals surface area contributed by atoms with E-state index in [0.717, 1.165) is 6.42 Å². The van der Waals surface area contributed by atoms with Crippen molar-refractivity contribution in [3.05, 3.63) is 12.3 Å². The van der Waals surface area contributed by atoms with Crippen LogP contribution in [-0.4, -0.2) is 42.6 Å². The van der Waals surface area contributed by atoms with Gasteiger partial charge in [-0.25, -0.2) is 0 Å². The molecule has 0 aromatic heterocycles. The summed E-state index contributed by atoms with van der Waals surface area (Å²) in [6, 6.07) is 0. The summed E-state index contributed by atoms with van der Waals surface area (Å²) in [7, 11) is -6.51. The molecule has 4 rings (SSSR count). The lowest BCUT2D eigenvalue weighted by Gasteiger charge is -2.65. The maximum absolute atomic E-state index is 14.0. The Labute approximate surface area is 176 Å². The minimum Gasteiger partial charge on any atom is -0.497 e. The van der Waals surface area contributed by atoms with Crippen molar-refractivity contribution < 1.29 is 49.2 Å². The van der Waals surface area contributed by atoms with E-state index in [-0.39, 0.29) is 36.0 Å². The van der Waals surface area contributed by atoms with Gasteiger partial charge in [0.15, 0.2) is 0 Å². The molecular weight excluding hydrogens is 451 g/mol. The zero-order valence-corrected chi connectivity index (χ0v) is 18.0. The van der Waals surface area contributed by atoms with Gasteiger partial charge in [-0.1, -0.05) is 19.9 Å². The van der Waals surface area contributed by atoms with Crippen molar-refractivity contribution in [3.8, 4) is 0 Å². The molecule has 0 heterocycles. The van der Waals surface area contributed by atoms with E-state index in [1.165, 1.54) is 12.3 Å². The van der Waals surface area contributed by atoms with Gasteiger partial charge < -0.3 is 9.47 Å². The van der Waals surface area contributed by atoms with Crippen LogP contribution in [0.1, 0.15) is 46.5 Å². The van der Waals surface area contributed by atoms with Crippen LogP contribution in [0.3, 0.4) is 0 Å². The van der Waals surface area contributed by atoms with E-state index < -0.39 is 45.1 Å². The first-order valence-corrected chi connectivity index (χ1v) is 11.3. The summed E-state index contributed by atoms with van der Waals surface area (Å²) in [5.74, 6) is -1.88. The largest absolute Gasteiger partial charge is 0.497 e. The number of esters is 1. The lowest BCUT2D eigenvalue weighted by atomic mass is 9.40. The Hall–Kier alpha value is -1.43. The molecule has 31 heavy (non-hydrogen) atoms. The molecule has 4 saturated carbocycles. The quantitative estimate of drug-likeness (QED) is 0.266. The van der Waals surface area contributed by atoms with Crippen molar-refractivity contribution in [1.29, 1.82) is 0 Å². The third-order valence-corrected chi connectivity index (χ3v) is 8.23.